The number of hydrogen-bond acceptors (Lipinski definition) is 6. The second kappa shape index (κ2) is 12.4. The Balaban J connectivity index is 1.72. The van der Waals surface area contributed by atoms with E-state index in [2.05, 4.69) is 0 Å². The van der Waals surface area contributed by atoms with Crippen LogP contribution in [0.15, 0.2) is 48.5 Å². The summed E-state index contributed by atoms with van der Waals surface area (Å²) in [6.07, 6.45) is 0. The molecule has 0 spiro atoms. The Morgan fingerprint density at radius 3 is 2.04 bits per heavy atom. The van der Waals surface area contributed by atoms with Crippen molar-refractivity contribution in [1.82, 2.24) is 0 Å². The average Bonchev–Trinajstić information content (AvgIpc) is 2.65. The number of ether oxygens (including phenoxy) is 1. The smallest absolute Gasteiger partial charge is 0.571 e. The van der Waals surface area contributed by atoms with E-state index in [0.717, 1.165) is 16.7 Å². The van der Waals surface area contributed by atoms with Crippen LogP contribution in [0.2, 0.25) is 13.1 Å². The summed E-state index contributed by atoms with van der Waals surface area (Å²) >= 11 is 0. The van der Waals surface area contributed by atoms with Crippen molar-refractivity contribution in [1.29, 1.82) is 0 Å². The van der Waals surface area contributed by atoms with Crippen LogP contribution in [0.3, 0.4) is 0 Å². The lowest BCUT2D eigenvalue weighted by atomic mass is 10.3. The summed E-state index contributed by atoms with van der Waals surface area (Å²) in [5, 5.41) is 2.17. The van der Waals surface area contributed by atoms with Crippen molar-refractivity contribution in [3.8, 4) is 11.5 Å². The Labute approximate surface area is 166 Å². The molecular formula is C14H14O6Si6. The van der Waals surface area contributed by atoms with Gasteiger partial charge in [0.05, 0.1) is 0 Å². The lowest BCUT2D eigenvalue weighted by molar-refractivity contribution is -0.114. The van der Waals surface area contributed by atoms with Crippen LogP contribution in [0.25, 0.3) is 0 Å². The van der Waals surface area contributed by atoms with E-state index >= 15 is 0 Å². The van der Waals surface area contributed by atoms with Crippen LogP contribution in [-0.2, 0) is 21.8 Å². The first kappa shape index (κ1) is 21.3. The van der Waals surface area contributed by atoms with Gasteiger partial charge in [0.2, 0.25) is 0 Å². The molecule has 0 fully saturated rings. The monoisotopic (exact) mass is 446 g/mol. The molecule has 0 unspecified atom stereocenters. The molecule has 6 nitrogen and oxygen atoms in total. The minimum absolute atomic E-state index is 0.0734. The lowest BCUT2D eigenvalue weighted by Gasteiger charge is -2.07. The summed E-state index contributed by atoms with van der Waals surface area (Å²) in [6.45, 7) is 4.00. The van der Waals surface area contributed by atoms with Crippen molar-refractivity contribution in [3.05, 3.63) is 48.5 Å². The van der Waals surface area contributed by atoms with Gasteiger partial charge in [-0.25, -0.2) is 0 Å². The first-order valence-electron chi connectivity index (χ1n) is 7.40. The molecule has 2 rings (SSSR count). The summed E-state index contributed by atoms with van der Waals surface area (Å²) in [5.41, 5.74) is 0. The number of benzene rings is 2. The minimum atomic E-state index is -0.832. The Bertz CT molecular complexity index is 654. The van der Waals surface area contributed by atoms with Gasteiger partial charge in [-0.15, -0.1) is 0 Å². The van der Waals surface area contributed by atoms with Gasteiger partial charge in [0.15, 0.2) is 9.28 Å². The molecule has 0 bridgehead atoms. The topological polar surface area (TPSA) is 63.2 Å². The molecule has 2 aromatic carbocycles. The van der Waals surface area contributed by atoms with Crippen LogP contribution in [0.5, 0.6) is 11.5 Å². The molecule has 0 aliphatic rings. The van der Waals surface area contributed by atoms with Gasteiger partial charge in [0.1, 0.15) is 20.5 Å². The van der Waals surface area contributed by atoms with E-state index in [0.29, 0.717) is 18.3 Å². The molecule has 130 valence electrons. The first-order valence-corrected chi connectivity index (χ1v) is 15.3. The van der Waals surface area contributed by atoms with Crippen LogP contribution in [0.1, 0.15) is 0 Å². The number of hydrogen-bond donors (Lipinski definition) is 0. The maximum atomic E-state index is 10.3. The SMILES string of the molecule is C[Si](C)OO[Si]O[Si][Si]c1ccc(Oc2ccc([Si]O[Si]=O)cc2)cc1. The van der Waals surface area contributed by atoms with Gasteiger partial charge in [-0.3, -0.25) is 9.15 Å². The van der Waals surface area contributed by atoms with E-state index in [1.165, 1.54) is 5.19 Å². The largest absolute Gasteiger partial charge is 0.578 e. The van der Waals surface area contributed by atoms with Crippen LogP contribution >= 0.6 is 0 Å². The molecule has 2 aromatic rings. The molecule has 0 aliphatic carbocycles. The first-order chi connectivity index (χ1) is 12.7. The highest BCUT2D eigenvalue weighted by Gasteiger charge is 2.04. The van der Waals surface area contributed by atoms with Crippen molar-refractivity contribution in [3.63, 3.8) is 0 Å². The van der Waals surface area contributed by atoms with E-state index in [4.69, 9.17) is 22.1 Å². The van der Waals surface area contributed by atoms with E-state index in [9.17, 15) is 4.46 Å². The number of rotatable bonds is 12. The molecule has 12 heteroatoms. The van der Waals surface area contributed by atoms with Crippen molar-refractivity contribution < 1.29 is 26.6 Å². The maximum Gasteiger partial charge on any atom is 0.578 e. The maximum absolute atomic E-state index is 10.3. The van der Waals surface area contributed by atoms with E-state index in [1.54, 1.807) is 0 Å². The second-order valence-corrected chi connectivity index (χ2v) is 12.2. The predicted molar refractivity (Wildman–Crippen MR) is 104 cm³/mol. The molecule has 26 heavy (non-hydrogen) atoms. The summed E-state index contributed by atoms with van der Waals surface area (Å²) in [4.78, 5) is 0. The Kier molecular flexibility index (Phi) is 10.2. The summed E-state index contributed by atoms with van der Waals surface area (Å²) in [6, 6.07) is 15.5. The molecule has 0 heterocycles. The van der Waals surface area contributed by atoms with Gasteiger partial charge in [-0.1, -0.05) is 29.5 Å². The lowest BCUT2D eigenvalue weighted by Crippen LogP contribution is -2.25. The molecular weight excluding hydrogens is 433 g/mol. The zero-order valence-electron chi connectivity index (χ0n) is 14.1. The van der Waals surface area contributed by atoms with Crippen molar-refractivity contribution in [2.45, 2.75) is 13.1 Å². The fourth-order valence-corrected chi connectivity index (χ4v) is 6.03. The second-order valence-electron chi connectivity index (χ2n) is 4.93. The van der Waals surface area contributed by atoms with Gasteiger partial charge < -0.3 is 17.4 Å². The Hall–Kier alpha value is -0.979. The molecule has 0 saturated heterocycles. The molecule has 0 aliphatic heterocycles. The summed E-state index contributed by atoms with van der Waals surface area (Å²) in [7, 11) is -0.636. The fraction of sp³-hybridized carbons (Fsp3) is 0.143. The summed E-state index contributed by atoms with van der Waals surface area (Å²) in [5.74, 6) is 1.52. The van der Waals surface area contributed by atoms with Gasteiger partial charge >= 0.3 is 29.4 Å². The third kappa shape index (κ3) is 8.60. The fourth-order valence-electron chi connectivity index (χ4n) is 1.64. The molecule has 10 radical (unpaired) electrons. The highest BCUT2D eigenvalue weighted by molar-refractivity contribution is 7.05. The Morgan fingerprint density at radius 1 is 0.846 bits per heavy atom. The van der Waals surface area contributed by atoms with E-state index in [-0.39, 0.29) is 19.8 Å². The predicted octanol–water partition coefficient (Wildman–Crippen LogP) is 0.318. The molecule has 0 aromatic heterocycles. The van der Waals surface area contributed by atoms with E-state index < -0.39 is 18.7 Å². The Morgan fingerprint density at radius 2 is 1.46 bits per heavy atom. The third-order valence-electron chi connectivity index (χ3n) is 2.69. The van der Waals surface area contributed by atoms with Gasteiger partial charge in [-0.2, -0.15) is 0 Å². The zero-order chi connectivity index (χ0) is 18.6. The highest BCUT2D eigenvalue weighted by Crippen LogP contribution is 2.18. The van der Waals surface area contributed by atoms with Crippen molar-refractivity contribution in [2.24, 2.45) is 0 Å². The summed E-state index contributed by atoms with van der Waals surface area (Å²) < 4.78 is 36.5. The van der Waals surface area contributed by atoms with Gasteiger partial charge in [-0.05, 0) is 42.5 Å². The van der Waals surface area contributed by atoms with Gasteiger partial charge in [0.25, 0.3) is 9.04 Å². The molecule has 0 N–H and O–H groups in total. The molecule has 0 atom stereocenters. The average molecular weight is 447 g/mol. The van der Waals surface area contributed by atoms with Crippen LogP contribution in [-0.4, -0.2) is 56.8 Å². The third-order valence-corrected chi connectivity index (χ3v) is 8.29. The van der Waals surface area contributed by atoms with E-state index in [1.807, 2.05) is 61.6 Å². The van der Waals surface area contributed by atoms with Crippen LogP contribution in [0.4, 0.5) is 0 Å². The van der Waals surface area contributed by atoms with Gasteiger partial charge in [0, 0.05) is 0 Å². The standard InChI is InChI=1S/C14H14O6Si6/c1-26(2)18-17-24-20-25-22-14-9-5-12(6-10-14)16-11-3-7-13(8-4-11)21-19-23-15/h3-10H,1-2H3. The van der Waals surface area contributed by atoms with Crippen molar-refractivity contribution in [2.75, 3.05) is 0 Å². The molecule has 0 saturated carbocycles. The zero-order valence-corrected chi connectivity index (χ0v) is 20.1. The van der Waals surface area contributed by atoms with Crippen molar-refractivity contribution >= 4 is 67.2 Å². The van der Waals surface area contributed by atoms with Crippen LogP contribution < -0.4 is 15.1 Å². The van der Waals surface area contributed by atoms with Crippen LogP contribution in [0, 0.1) is 0 Å². The highest BCUT2D eigenvalue weighted by atomic mass is 29.2. The quantitative estimate of drug-likeness (QED) is 0.202. The normalized spacial score (nSPS) is 10.7. The molecule has 0 amide bonds. The minimum Gasteiger partial charge on any atom is -0.571 e.